The summed E-state index contributed by atoms with van der Waals surface area (Å²) < 4.78 is 6.62. The second kappa shape index (κ2) is 12.0. The van der Waals surface area contributed by atoms with E-state index in [0.717, 1.165) is 66.8 Å². The third kappa shape index (κ3) is 6.79. The van der Waals surface area contributed by atoms with Crippen LogP contribution in [0.5, 0.6) is 0 Å². The standard InChI is InChI=1S/C26H33N3O2S2/c1-20-18-21(2)25-23(19-20)33-26(27-25)29(12-7-11-28-13-15-31-16-14-28)24(30)10-6-17-32-22-8-4-3-5-9-22/h3-5,8-9,18-19H,6-7,10-17H2,1-2H3. The molecule has 3 aromatic rings. The first-order valence-corrected chi connectivity index (χ1v) is 13.6. The molecule has 1 fully saturated rings. The minimum Gasteiger partial charge on any atom is -0.379 e. The van der Waals surface area contributed by atoms with E-state index in [0.29, 0.717) is 13.0 Å². The van der Waals surface area contributed by atoms with E-state index in [9.17, 15) is 4.79 Å². The van der Waals surface area contributed by atoms with Gasteiger partial charge in [0.2, 0.25) is 5.91 Å². The van der Waals surface area contributed by atoms with E-state index in [2.05, 4.69) is 55.1 Å². The Labute approximate surface area is 205 Å². The number of amides is 1. The van der Waals surface area contributed by atoms with Gasteiger partial charge in [-0.15, -0.1) is 11.8 Å². The van der Waals surface area contributed by atoms with Gasteiger partial charge in [0.25, 0.3) is 0 Å². The van der Waals surface area contributed by atoms with E-state index in [1.165, 1.54) is 16.0 Å². The van der Waals surface area contributed by atoms with Gasteiger partial charge in [-0.3, -0.25) is 14.6 Å². The van der Waals surface area contributed by atoms with E-state index in [-0.39, 0.29) is 5.91 Å². The minimum atomic E-state index is 0.180. The quantitative estimate of drug-likeness (QED) is 0.280. The molecule has 0 N–H and O–H groups in total. The van der Waals surface area contributed by atoms with Crippen LogP contribution in [0.2, 0.25) is 0 Å². The predicted octanol–water partition coefficient (Wildman–Crippen LogP) is 5.54. The average Bonchev–Trinajstić information content (AvgIpc) is 3.25. The number of rotatable bonds is 10. The zero-order valence-electron chi connectivity index (χ0n) is 19.6. The summed E-state index contributed by atoms with van der Waals surface area (Å²) in [5, 5.41) is 0.835. The van der Waals surface area contributed by atoms with Crippen molar-refractivity contribution in [1.29, 1.82) is 0 Å². The zero-order chi connectivity index (χ0) is 23.0. The molecule has 176 valence electrons. The number of carbonyl (C=O) groups excluding carboxylic acids is 1. The smallest absolute Gasteiger partial charge is 0.228 e. The number of fused-ring (bicyclic) bond motifs is 1. The van der Waals surface area contributed by atoms with Gasteiger partial charge in [-0.2, -0.15) is 0 Å². The Bertz CT molecular complexity index is 1050. The van der Waals surface area contributed by atoms with Crippen LogP contribution in [0.3, 0.4) is 0 Å². The fourth-order valence-electron chi connectivity index (χ4n) is 4.14. The van der Waals surface area contributed by atoms with Crippen LogP contribution < -0.4 is 4.90 Å². The maximum Gasteiger partial charge on any atom is 0.228 e. The SMILES string of the molecule is Cc1cc(C)c2nc(N(CCCN3CCOCC3)C(=O)CCCSc3ccccc3)sc2c1. The molecule has 0 atom stereocenters. The highest BCUT2D eigenvalue weighted by atomic mass is 32.2. The molecule has 0 bridgehead atoms. The topological polar surface area (TPSA) is 45.7 Å². The molecule has 0 saturated carbocycles. The van der Waals surface area contributed by atoms with Gasteiger partial charge < -0.3 is 4.74 Å². The molecule has 1 aliphatic rings. The molecule has 1 aliphatic heterocycles. The molecule has 1 aromatic heterocycles. The zero-order valence-corrected chi connectivity index (χ0v) is 21.2. The maximum atomic E-state index is 13.3. The van der Waals surface area contributed by atoms with E-state index in [4.69, 9.17) is 9.72 Å². The monoisotopic (exact) mass is 483 g/mol. The number of carbonyl (C=O) groups is 1. The van der Waals surface area contributed by atoms with Crippen LogP contribution in [0.1, 0.15) is 30.4 Å². The van der Waals surface area contributed by atoms with Gasteiger partial charge in [-0.25, -0.2) is 4.98 Å². The molecule has 7 heteroatoms. The number of hydrogen-bond donors (Lipinski definition) is 0. The van der Waals surface area contributed by atoms with Crippen molar-refractivity contribution in [3.05, 3.63) is 53.6 Å². The highest BCUT2D eigenvalue weighted by molar-refractivity contribution is 7.99. The maximum absolute atomic E-state index is 13.3. The van der Waals surface area contributed by atoms with Crippen molar-refractivity contribution in [3.8, 4) is 0 Å². The van der Waals surface area contributed by atoms with Crippen molar-refractivity contribution in [3.63, 3.8) is 0 Å². The highest BCUT2D eigenvalue weighted by Crippen LogP contribution is 2.32. The second-order valence-electron chi connectivity index (χ2n) is 8.54. The highest BCUT2D eigenvalue weighted by Gasteiger charge is 2.21. The number of nitrogens with zero attached hydrogens (tertiary/aromatic N) is 3. The Balaban J connectivity index is 1.41. The number of hydrogen-bond acceptors (Lipinski definition) is 6. The van der Waals surface area contributed by atoms with Crippen molar-refractivity contribution in [1.82, 2.24) is 9.88 Å². The minimum absolute atomic E-state index is 0.180. The number of thioether (sulfide) groups is 1. The number of anilines is 1. The normalized spacial score (nSPS) is 14.6. The van der Waals surface area contributed by atoms with Crippen molar-refractivity contribution in [2.45, 2.75) is 38.0 Å². The summed E-state index contributed by atoms with van der Waals surface area (Å²) in [5.41, 5.74) is 3.43. The van der Waals surface area contributed by atoms with E-state index < -0.39 is 0 Å². The van der Waals surface area contributed by atoms with Crippen LogP contribution in [-0.4, -0.2) is 60.9 Å². The molecule has 1 amide bonds. The van der Waals surface area contributed by atoms with Crippen LogP contribution in [0, 0.1) is 13.8 Å². The van der Waals surface area contributed by atoms with Crippen molar-refractivity contribution in [2.75, 3.05) is 50.0 Å². The number of aryl methyl sites for hydroxylation is 2. The summed E-state index contributed by atoms with van der Waals surface area (Å²) in [5.74, 6) is 1.12. The number of benzene rings is 2. The summed E-state index contributed by atoms with van der Waals surface area (Å²) in [6.07, 6.45) is 2.35. The van der Waals surface area contributed by atoms with Gasteiger partial charge in [0.05, 0.1) is 23.4 Å². The van der Waals surface area contributed by atoms with Gasteiger partial charge in [0, 0.05) is 37.5 Å². The third-order valence-corrected chi connectivity index (χ3v) is 7.98. The Hall–Kier alpha value is -1.93. The Kier molecular flexibility index (Phi) is 8.78. The molecule has 0 unspecified atom stereocenters. The van der Waals surface area contributed by atoms with Crippen molar-refractivity contribution < 1.29 is 9.53 Å². The fourth-order valence-corrected chi connectivity index (χ4v) is 6.20. The van der Waals surface area contributed by atoms with Crippen LogP contribution in [0.25, 0.3) is 10.2 Å². The number of ether oxygens (including phenoxy) is 1. The third-order valence-electron chi connectivity index (χ3n) is 5.86. The summed E-state index contributed by atoms with van der Waals surface area (Å²) in [6, 6.07) is 14.7. The van der Waals surface area contributed by atoms with E-state index >= 15 is 0 Å². The summed E-state index contributed by atoms with van der Waals surface area (Å²) in [7, 11) is 0. The first kappa shape index (κ1) is 24.2. The average molecular weight is 484 g/mol. The van der Waals surface area contributed by atoms with Crippen molar-refractivity contribution >= 4 is 44.4 Å². The molecule has 2 aromatic carbocycles. The Morgan fingerprint density at radius 2 is 1.94 bits per heavy atom. The number of aromatic nitrogens is 1. The van der Waals surface area contributed by atoms with Crippen LogP contribution in [0.4, 0.5) is 5.13 Å². The van der Waals surface area contributed by atoms with Crippen LogP contribution in [0.15, 0.2) is 47.4 Å². The Morgan fingerprint density at radius 1 is 1.15 bits per heavy atom. The molecule has 2 heterocycles. The Morgan fingerprint density at radius 3 is 2.73 bits per heavy atom. The predicted molar refractivity (Wildman–Crippen MR) is 140 cm³/mol. The molecular formula is C26H33N3O2S2. The second-order valence-corrected chi connectivity index (χ2v) is 10.7. The molecule has 4 rings (SSSR count). The molecule has 0 radical (unpaired) electrons. The van der Waals surface area contributed by atoms with Crippen LogP contribution in [-0.2, 0) is 9.53 Å². The first-order chi connectivity index (χ1) is 16.1. The lowest BCUT2D eigenvalue weighted by Gasteiger charge is -2.27. The summed E-state index contributed by atoms with van der Waals surface area (Å²) in [6.45, 7) is 9.47. The van der Waals surface area contributed by atoms with Gasteiger partial charge in [-0.1, -0.05) is 35.6 Å². The summed E-state index contributed by atoms with van der Waals surface area (Å²) >= 11 is 3.45. The van der Waals surface area contributed by atoms with Gasteiger partial charge >= 0.3 is 0 Å². The molecule has 5 nitrogen and oxygen atoms in total. The molecule has 33 heavy (non-hydrogen) atoms. The fraction of sp³-hybridized carbons (Fsp3) is 0.462. The van der Waals surface area contributed by atoms with Gasteiger partial charge in [-0.05, 0) is 61.8 Å². The van der Waals surface area contributed by atoms with Gasteiger partial charge in [0.15, 0.2) is 5.13 Å². The molecule has 1 saturated heterocycles. The lowest BCUT2D eigenvalue weighted by atomic mass is 10.1. The van der Waals surface area contributed by atoms with E-state index in [1.54, 1.807) is 11.3 Å². The van der Waals surface area contributed by atoms with E-state index in [1.807, 2.05) is 22.7 Å². The molecule has 0 spiro atoms. The molecule has 0 aliphatic carbocycles. The summed E-state index contributed by atoms with van der Waals surface area (Å²) in [4.78, 5) is 23.8. The lowest BCUT2D eigenvalue weighted by Crippen LogP contribution is -2.39. The lowest BCUT2D eigenvalue weighted by molar-refractivity contribution is -0.118. The van der Waals surface area contributed by atoms with Crippen LogP contribution >= 0.6 is 23.1 Å². The van der Waals surface area contributed by atoms with Crippen molar-refractivity contribution in [2.24, 2.45) is 0 Å². The first-order valence-electron chi connectivity index (χ1n) is 11.8. The molecular weight excluding hydrogens is 450 g/mol. The van der Waals surface area contributed by atoms with Gasteiger partial charge in [0.1, 0.15) is 0 Å². The number of thiazole rings is 1. The number of morpholine rings is 1. The largest absolute Gasteiger partial charge is 0.379 e.